The van der Waals surface area contributed by atoms with E-state index in [0.29, 0.717) is 0 Å². The molecule has 1 fully saturated rings. The Morgan fingerprint density at radius 2 is 1.00 bits per heavy atom. The Bertz CT molecular complexity index is 424. The topological polar surface area (TPSA) is 0 Å². The third-order valence-corrected chi connectivity index (χ3v) is 23.3. The van der Waals surface area contributed by atoms with Gasteiger partial charge in [-0.2, -0.15) is 0 Å². The van der Waals surface area contributed by atoms with E-state index in [0.717, 1.165) is 48.6 Å². The van der Waals surface area contributed by atoms with Gasteiger partial charge in [-0.05, 0) is 0 Å². The molecular weight excluding hydrogens is 405 g/mol. The molecule has 1 aliphatic rings. The van der Waals surface area contributed by atoms with Crippen LogP contribution in [-0.4, -0.2) is 41.2 Å². The van der Waals surface area contributed by atoms with Crippen molar-refractivity contribution >= 4 is 41.2 Å². The summed E-state index contributed by atoms with van der Waals surface area (Å²) in [6, 6.07) is 22.3. The average molecular weight is 417 g/mol. The summed E-state index contributed by atoms with van der Waals surface area (Å²) in [5.41, 5.74) is 3.18. The SMILES string of the molecule is c1ccc(C2[Se][Se]C(c3ccccc3)[Se]2)cc1. The van der Waals surface area contributed by atoms with Crippen molar-refractivity contribution < 1.29 is 0 Å². The molecule has 2 aromatic rings. The predicted octanol–water partition coefficient (Wildman–Crippen LogP) is 2.43. The van der Waals surface area contributed by atoms with Crippen LogP contribution in [0.4, 0.5) is 0 Å². The maximum atomic E-state index is 2.32. The van der Waals surface area contributed by atoms with Gasteiger partial charge in [0.1, 0.15) is 0 Å². The molecule has 0 radical (unpaired) electrons. The van der Waals surface area contributed by atoms with Crippen molar-refractivity contribution in [2.45, 2.75) is 7.43 Å². The number of rotatable bonds is 2. The molecule has 2 atom stereocenters. The number of benzene rings is 2. The average Bonchev–Trinajstić information content (AvgIpc) is 2.90. The first-order valence-corrected chi connectivity index (χ1v) is 13.8. The molecule has 2 unspecified atom stereocenters. The van der Waals surface area contributed by atoms with Crippen LogP contribution in [0.25, 0.3) is 0 Å². The normalized spacial score (nSPS) is 23.8. The Hall–Kier alpha value is -0.00156. The van der Waals surface area contributed by atoms with Gasteiger partial charge in [0.05, 0.1) is 0 Å². The number of hydrogen-bond acceptors (Lipinski definition) is 0. The van der Waals surface area contributed by atoms with Gasteiger partial charge in [0, 0.05) is 0 Å². The summed E-state index contributed by atoms with van der Waals surface area (Å²) in [6.45, 7) is 0. The van der Waals surface area contributed by atoms with E-state index >= 15 is 0 Å². The molecule has 86 valence electrons. The molecule has 1 heterocycles. The third-order valence-electron chi connectivity index (χ3n) is 2.62. The van der Waals surface area contributed by atoms with E-state index in [-0.39, 0.29) is 0 Å². The van der Waals surface area contributed by atoms with Gasteiger partial charge < -0.3 is 0 Å². The van der Waals surface area contributed by atoms with Crippen LogP contribution >= 0.6 is 0 Å². The van der Waals surface area contributed by atoms with Crippen molar-refractivity contribution in [1.29, 1.82) is 0 Å². The fraction of sp³-hybridized carbons (Fsp3) is 0.143. The first-order chi connectivity index (χ1) is 8.43. The summed E-state index contributed by atoms with van der Waals surface area (Å²) in [6.07, 6.45) is 0. The van der Waals surface area contributed by atoms with E-state index in [1.807, 2.05) is 0 Å². The molecule has 0 amide bonds. The van der Waals surface area contributed by atoms with Crippen LogP contribution in [0.3, 0.4) is 0 Å². The van der Waals surface area contributed by atoms with Gasteiger partial charge in [-0.15, -0.1) is 0 Å². The standard InChI is InChI=1S/C14H12Se3/c1-3-7-11(8-4-1)13-15-14(17-16-13)12-9-5-2-6-10-12/h1-10,13-14H. The minimum atomic E-state index is 0.767. The first-order valence-electron chi connectivity index (χ1n) is 5.51. The molecule has 1 saturated heterocycles. The summed E-state index contributed by atoms with van der Waals surface area (Å²) < 4.78 is 1.84. The monoisotopic (exact) mass is 420 g/mol. The second-order valence-corrected chi connectivity index (χ2v) is 16.4. The van der Waals surface area contributed by atoms with E-state index in [1.54, 1.807) is 11.1 Å². The molecule has 0 spiro atoms. The van der Waals surface area contributed by atoms with Crippen LogP contribution in [0.15, 0.2) is 60.7 Å². The fourth-order valence-electron chi connectivity index (χ4n) is 1.75. The van der Waals surface area contributed by atoms with Crippen LogP contribution in [0.1, 0.15) is 18.6 Å². The second kappa shape index (κ2) is 5.76. The fourth-order valence-corrected chi connectivity index (χ4v) is 25.4. The van der Waals surface area contributed by atoms with E-state index in [4.69, 9.17) is 0 Å². The summed E-state index contributed by atoms with van der Waals surface area (Å²) >= 11 is 2.48. The Kier molecular flexibility index (Phi) is 4.08. The van der Waals surface area contributed by atoms with Crippen LogP contribution in [0, 0.1) is 0 Å². The Morgan fingerprint density at radius 1 is 0.588 bits per heavy atom. The molecule has 0 nitrogen and oxygen atoms in total. The van der Waals surface area contributed by atoms with Gasteiger partial charge in [0.25, 0.3) is 0 Å². The first kappa shape index (κ1) is 12.1. The zero-order valence-corrected chi connectivity index (χ0v) is 14.3. The third kappa shape index (κ3) is 2.88. The molecule has 1 aliphatic heterocycles. The molecular formula is C14H12Se3. The van der Waals surface area contributed by atoms with E-state index < -0.39 is 0 Å². The summed E-state index contributed by atoms with van der Waals surface area (Å²) in [5, 5.41) is 0. The molecule has 0 bridgehead atoms. The molecule has 0 aromatic heterocycles. The minimum absolute atomic E-state index is 0.767. The van der Waals surface area contributed by atoms with Crippen LogP contribution in [0.5, 0.6) is 0 Å². The van der Waals surface area contributed by atoms with Gasteiger partial charge in [0.2, 0.25) is 0 Å². The van der Waals surface area contributed by atoms with E-state index in [2.05, 4.69) is 60.7 Å². The van der Waals surface area contributed by atoms with Crippen LogP contribution < -0.4 is 0 Å². The molecule has 0 saturated carbocycles. The summed E-state index contributed by atoms with van der Waals surface area (Å²) in [7, 11) is 0. The van der Waals surface area contributed by atoms with Gasteiger partial charge in [-0.3, -0.25) is 0 Å². The van der Waals surface area contributed by atoms with Gasteiger partial charge in [0.15, 0.2) is 0 Å². The predicted molar refractivity (Wildman–Crippen MR) is 75.6 cm³/mol. The molecule has 3 heteroatoms. The van der Waals surface area contributed by atoms with E-state index in [9.17, 15) is 0 Å². The Labute approximate surface area is 120 Å². The van der Waals surface area contributed by atoms with Crippen LogP contribution in [-0.2, 0) is 0 Å². The quantitative estimate of drug-likeness (QED) is 0.659. The second-order valence-electron chi connectivity index (χ2n) is 3.81. The van der Waals surface area contributed by atoms with E-state index in [1.165, 1.54) is 0 Å². The molecule has 17 heavy (non-hydrogen) atoms. The van der Waals surface area contributed by atoms with Gasteiger partial charge in [-0.1, -0.05) is 0 Å². The zero-order chi connectivity index (χ0) is 11.5. The van der Waals surface area contributed by atoms with Crippen molar-refractivity contribution in [3.05, 3.63) is 71.8 Å². The van der Waals surface area contributed by atoms with Crippen molar-refractivity contribution in [1.82, 2.24) is 0 Å². The molecule has 0 N–H and O–H groups in total. The molecule has 3 rings (SSSR count). The Balaban J connectivity index is 1.75. The maximum absolute atomic E-state index is 2.32. The number of hydrogen-bond donors (Lipinski definition) is 0. The van der Waals surface area contributed by atoms with Crippen LogP contribution in [0.2, 0.25) is 0 Å². The Morgan fingerprint density at radius 3 is 1.41 bits per heavy atom. The zero-order valence-electron chi connectivity index (χ0n) is 9.15. The summed E-state index contributed by atoms with van der Waals surface area (Å²) in [5.74, 6) is 0. The van der Waals surface area contributed by atoms with Crippen molar-refractivity contribution in [3.63, 3.8) is 0 Å². The van der Waals surface area contributed by atoms with Crippen molar-refractivity contribution in [2.75, 3.05) is 0 Å². The van der Waals surface area contributed by atoms with Gasteiger partial charge in [-0.25, -0.2) is 0 Å². The van der Waals surface area contributed by atoms with Gasteiger partial charge >= 0.3 is 120 Å². The molecule has 2 aromatic carbocycles. The summed E-state index contributed by atoms with van der Waals surface area (Å²) in [4.78, 5) is 0. The molecule has 0 aliphatic carbocycles. The van der Waals surface area contributed by atoms with Crippen molar-refractivity contribution in [3.8, 4) is 0 Å². The van der Waals surface area contributed by atoms with Crippen molar-refractivity contribution in [2.24, 2.45) is 0 Å².